The van der Waals surface area contributed by atoms with Crippen molar-refractivity contribution in [2.24, 2.45) is 0 Å². The molecule has 0 bridgehead atoms. The zero-order valence-corrected chi connectivity index (χ0v) is 12.2. The van der Waals surface area contributed by atoms with Gasteiger partial charge in [-0.05, 0) is 26.8 Å². The first-order valence-corrected chi connectivity index (χ1v) is 6.59. The molecule has 1 aromatic carbocycles. The molecule has 2 rings (SSSR count). The lowest BCUT2D eigenvalue weighted by atomic mass is 10.1. The maximum atomic E-state index is 13.5. The Bertz CT molecular complexity index is 607. The van der Waals surface area contributed by atoms with E-state index in [1.54, 1.807) is 0 Å². The summed E-state index contributed by atoms with van der Waals surface area (Å²) in [6.07, 6.45) is 0. The molecule has 2 aromatic rings. The van der Waals surface area contributed by atoms with E-state index in [-0.39, 0.29) is 18.1 Å². The molecule has 2 N–H and O–H groups in total. The Morgan fingerprint density at radius 1 is 1.14 bits per heavy atom. The zero-order chi connectivity index (χ0) is 15.5. The molecule has 0 unspecified atom stereocenters. The molecule has 0 saturated heterocycles. The third-order valence-electron chi connectivity index (χ3n) is 2.68. The third kappa shape index (κ3) is 4.78. The highest BCUT2D eigenvalue weighted by atomic mass is 19.1. The SMILES string of the molecule is CC(C)(C)NCc1nnc(NCc2ccc(F)cc2F)o1. The summed E-state index contributed by atoms with van der Waals surface area (Å²) in [5.41, 5.74) is 0.267. The molecular formula is C14H18F2N4O. The molecule has 1 heterocycles. The van der Waals surface area contributed by atoms with E-state index in [9.17, 15) is 8.78 Å². The maximum Gasteiger partial charge on any atom is 0.315 e. The largest absolute Gasteiger partial charge is 0.407 e. The van der Waals surface area contributed by atoms with Crippen LogP contribution in [-0.2, 0) is 13.1 Å². The molecule has 0 amide bonds. The number of anilines is 1. The maximum absolute atomic E-state index is 13.5. The monoisotopic (exact) mass is 296 g/mol. The number of aromatic nitrogens is 2. The first-order valence-electron chi connectivity index (χ1n) is 6.59. The van der Waals surface area contributed by atoms with Gasteiger partial charge in [-0.15, -0.1) is 5.10 Å². The van der Waals surface area contributed by atoms with E-state index >= 15 is 0 Å². The van der Waals surface area contributed by atoms with Gasteiger partial charge in [-0.1, -0.05) is 11.2 Å². The molecule has 0 aliphatic carbocycles. The molecule has 5 nitrogen and oxygen atoms in total. The molecule has 114 valence electrons. The van der Waals surface area contributed by atoms with E-state index in [4.69, 9.17) is 4.42 Å². The van der Waals surface area contributed by atoms with Gasteiger partial charge in [0.25, 0.3) is 0 Å². The summed E-state index contributed by atoms with van der Waals surface area (Å²) in [6.45, 7) is 6.67. The molecule has 0 atom stereocenters. The number of hydrogen-bond donors (Lipinski definition) is 2. The fraction of sp³-hybridized carbons (Fsp3) is 0.429. The summed E-state index contributed by atoms with van der Waals surface area (Å²) in [5, 5.41) is 13.7. The molecule has 0 fully saturated rings. The molecule has 0 radical (unpaired) electrons. The molecule has 0 spiro atoms. The van der Waals surface area contributed by atoms with Crippen LogP contribution in [0.15, 0.2) is 22.6 Å². The predicted octanol–water partition coefficient (Wildman–Crippen LogP) is 2.85. The highest BCUT2D eigenvalue weighted by molar-refractivity contribution is 5.25. The van der Waals surface area contributed by atoms with Crippen LogP contribution in [0.25, 0.3) is 0 Å². The predicted molar refractivity (Wildman–Crippen MR) is 74.6 cm³/mol. The van der Waals surface area contributed by atoms with Crippen molar-refractivity contribution in [1.82, 2.24) is 15.5 Å². The summed E-state index contributed by atoms with van der Waals surface area (Å²) in [5.74, 6) is -0.784. The lowest BCUT2D eigenvalue weighted by molar-refractivity contribution is 0.383. The van der Waals surface area contributed by atoms with Crippen LogP contribution >= 0.6 is 0 Å². The standard InChI is InChI=1S/C14H18F2N4O/c1-14(2,3)18-8-12-19-20-13(21-12)17-7-9-4-5-10(15)6-11(9)16/h4-6,18H,7-8H2,1-3H3,(H,17,20). The topological polar surface area (TPSA) is 63.0 Å². The van der Waals surface area contributed by atoms with E-state index in [0.29, 0.717) is 18.0 Å². The number of rotatable bonds is 5. The summed E-state index contributed by atoms with van der Waals surface area (Å²) in [7, 11) is 0. The lowest BCUT2D eigenvalue weighted by Gasteiger charge is -2.18. The summed E-state index contributed by atoms with van der Waals surface area (Å²) in [4.78, 5) is 0. The second-order valence-corrected chi connectivity index (χ2v) is 5.69. The van der Waals surface area contributed by atoms with Crippen molar-refractivity contribution in [3.63, 3.8) is 0 Å². The molecule has 0 aliphatic rings. The van der Waals surface area contributed by atoms with Crippen molar-refractivity contribution < 1.29 is 13.2 Å². The highest BCUT2D eigenvalue weighted by Gasteiger charge is 2.12. The number of halogens is 2. The van der Waals surface area contributed by atoms with E-state index < -0.39 is 11.6 Å². The molecule has 0 saturated carbocycles. The highest BCUT2D eigenvalue weighted by Crippen LogP contribution is 2.13. The first kappa shape index (κ1) is 15.4. The smallest absolute Gasteiger partial charge is 0.315 e. The number of nitrogens with one attached hydrogen (secondary N) is 2. The van der Waals surface area contributed by atoms with Gasteiger partial charge < -0.3 is 15.1 Å². The number of nitrogens with zero attached hydrogens (tertiary/aromatic N) is 2. The van der Waals surface area contributed by atoms with Crippen molar-refractivity contribution in [1.29, 1.82) is 0 Å². The van der Waals surface area contributed by atoms with Crippen LogP contribution in [0, 0.1) is 11.6 Å². The van der Waals surface area contributed by atoms with Gasteiger partial charge in [0.05, 0.1) is 6.54 Å². The van der Waals surface area contributed by atoms with Crippen molar-refractivity contribution in [3.8, 4) is 0 Å². The van der Waals surface area contributed by atoms with Gasteiger partial charge in [-0.3, -0.25) is 0 Å². The van der Waals surface area contributed by atoms with Crippen LogP contribution in [-0.4, -0.2) is 15.7 Å². The Labute approximate surface area is 121 Å². The van der Waals surface area contributed by atoms with E-state index in [0.717, 1.165) is 6.07 Å². The number of benzene rings is 1. The second kappa shape index (κ2) is 6.17. The Kier molecular flexibility index (Phi) is 4.52. The second-order valence-electron chi connectivity index (χ2n) is 5.69. The van der Waals surface area contributed by atoms with Crippen molar-refractivity contribution >= 4 is 6.01 Å². The molecule has 21 heavy (non-hydrogen) atoms. The minimum atomic E-state index is -0.614. The summed E-state index contributed by atoms with van der Waals surface area (Å²) >= 11 is 0. The van der Waals surface area contributed by atoms with Gasteiger partial charge in [-0.2, -0.15) is 0 Å². The van der Waals surface area contributed by atoms with Crippen molar-refractivity contribution in [2.45, 2.75) is 39.4 Å². The Morgan fingerprint density at radius 3 is 2.57 bits per heavy atom. The molecule has 0 aliphatic heterocycles. The van der Waals surface area contributed by atoms with Crippen molar-refractivity contribution in [3.05, 3.63) is 41.3 Å². The van der Waals surface area contributed by atoms with Crippen LogP contribution < -0.4 is 10.6 Å². The average molecular weight is 296 g/mol. The van der Waals surface area contributed by atoms with Crippen molar-refractivity contribution in [2.75, 3.05) is 5.32 Å². The Morgan fingerprint density at radius 2 is 1.90 bits per heavy atom. The normalized spacial score (nSPS) is 11.7. The minimum absolute atomic E-state index is 0.0562. The van der Waals surface area contributed by atoms with Crippen LogP contribution in [0.4, 0.5) is 14.8 Å². The summed E-state index contributed by atoms with van der Waals surface area (Å²) in [6, 6.07) is 3.61. The summed E-state index contributed by atoms with van der Waals surface area (Å²) < 4.78 is 31.6. The zero-order valence-electron chi connectivity index (χ0n) is 12.2. The fourth-order valence-electron chi connectivity index (χ4n) is 1.57. The van der Waals surface area contributed by atoms with Gasteiger partial charge in [0, 0.05) is 23.7 Å². The van der Waals surface area contributed by atoms with Gasteiger partial charge in [0.1, 0.15) is 11.6 Å². The van der Waals surface area contributed by atoms with E-state index in [1.165, 1.54) is 12.1 Å². The molecular weight excluding hydrogens is 278 g/mol. The Hall–Kier alpha value is -2.02. The minimum Gasteiger partial charge on any atom is -0.407 e. The van der Waals surface area contributed by atoms with Gasteiger partial charge >= 0.3 is 6.01 Å². The fourth-order valence-corrected chi connectivity index (χ4v) is 1.57. The quantitative estimate of drug-likeness (QED) is 0.888. The van der Waals surface area contributed by atoms with Crippen LogP contribution in [0.2, 0.25) is 0 Å². The van der Waals surface area contributed by atoms with Gasteiger partial charge in [-0.25, -0.2) is 8.78 Å². The van der Waals surface area contributed by atoms with Crippen LogP contribution in [0.1, 0.15) is 32.2 Å². The van der Waals surface area contributed by atoms with E-state index in [1.807, 2.05) is 20.8 Å². The van der Waals surface area contributed by atoms with E-state index in [2.05, 4.69) is 20.8 Å². The molecule has 7 heteroatoms. The first-order chi connectivity index (χ1) is 9.83. The number of hydrogen-bond acceptors (Lipinski definition) is 5. The average Bonchev–Trinajstić information content (AvgIpc) is 2.82. The van der Waals surface area contributed by atoms with Crippen LogP contribution in [0.5, 0.6) is 0 Å². The molecule has 1 aromatic heterocycles. The third-order valence-corrected chi connectivity index (χ3v) is 2.68. The van der Waals surface area contributed by atoms with Gasteiger partial charge in [0.15, 0.2) is 0 Å². The van der Waals surface area contributed by atoms with Gasteiger partial charge in [0.2, 0.25) is 5.89 Å². The Balaban J connectivity index is 1.90. The van der Waals surface area contributed by atoms with Crippen LogP contribution in [0.3, 0.4) is 0 Å². The lowest BCUT2D eigenvalue weighted by Crippen LogP contribution is -2.35.